The highest BCUT2D eigenvalue weighted by Crippen LogP contribution is 2.27. The Bertz CT molecular complexity index is 1580. The number of carbonyl (C=O) groups is 2. The number of hydrogen-bond acceptors (Lipinski definition) is 6. The lowest BCUT2D eigenvalue weighted by Gasteiger charge is -2.14. The van der Waals surface area contributed by atoms with E-state index in [0.717, 1.165) is 6.07 Å². The van der Waals surface area contributed by atoms with E-state index in [1.54, 1.807) is 6.92 Å². The normalized spacial score (nSPS) is 10.6. The molecular weight excluding hydrogens is 496 g/mol. The number of phenolic OH excluding ortho intramolecular Hbond substituents is 1. The Morgan fingerprint density at radius 2 is 1.68 bits per heavy atom. The van der Waals surface area contributed by atoms with Gasteiger partial charge in [0.2, 0.25) is 0 Å². The first kappa shape index (κ1) is 26.1. The summed E-state index contributed by atoms with van der Waals surface area (Å²) in [6.45, 7) is 3.19. The van der Waals surface area contributed by atoms with Crippen LogP contribution in [0.15, 0.2) is 77.7 Å². The van der Waals surface area contributed by atoms with Gasteiger partial charge in [-0.15, -0.1) is 0 Å². The maximum atomic E-state index is 14.9. The molecule has 0 saturated carbocycles. The third-order valence-electron chi connectivity index (χ3n) is 5.57. The van der Waals surface area contributed by atoms with E-state index in [1.807, 2.05) is 0 Å². The summed E-state index contributed by atoms with van der Waals surface area (Å²) in [6.07, 6.45) is 1.42. The fraction of sp³-hybridized carbons (Fsp3) is 0.107. The fourth-order valence-electron chi connectivity index (χ4n) is 3.75. The monoisotopic (exact) mass is 519 g/mol. The topological polar surface area (TPSA) is 110 Å². The highest BCUT2D eigenvalue weighted by atomic mass is 19.1. The predicted molar refractivity (Wildman–Crippen MR) is 139 cm³/mol. The number of phenols is 1. The van der Waals surface area contributed by atoms with Gasteiger partial charge in [0.25, 0.3) is 11.5 Å². The third-order valence-corrected chi connectivity index (χ3v) is 5.57. The van der Waals surface area contributed by atoms with Crippen LogP contribution in [-0.4, -0.2) is 28.0 Å². The molecule has 3 N–H and O–H groups in total. The molecule has 0 fully saturated rings. The van der Waals surface area contributed by atoms with Crippen molar-refractivity contribution in [3.63, 3.8) is 0 Å². The van der Waals surface area contributed by atoms with E-state index in [2.05, 4.69) is 10.6 Å². The van der Waals surface area contributed by atoms with Crippen molar-refractivity contribution in [1.29, 1.82) is 0 Å². The minimum absolute atomic E-state index is 0.0423. The molecule has 4 rings (SSSR count). The van der Waals surface area contributed by atoms with Gasteiger partial charge >= 0.3 is 0 Å². The molecule has 10 heteroatoms. The summed E-state index contributed by atoms with van der Waals surface area (Å²) < 4.78 is 34.9. The molecule has 4 aromatic rings. The number of halogens is 2. The van der Waals surface area contributed by atoms with Gasteiger partial charge in [-0.3, -0.25) is 19.0 Å². The van der Waals surface area contributed by atoms with Gasteiger partial charge in [0.15, 0.2) is 5.78 Å². The minimum atomic E-state index is -0.820. The van der Waals surface area contributed by atoms with Crippen LogP contribution in [0, 0.1) is 11.6 Å². The summed E-state index contributed by atoms with van der Waals surface area (Å²) in [5.74, 6) is -2.51. The Morgan fingerprint density at radius 1 is 0.974 bits per heavy atom. The van der Waals surface area contributed by atoms with Crippen molar-refractivity contribution in [2.45, 2.75) is 13.8 Å². The number of ether oxygens (including phenoxy) is 1. The van der Waals surface area contributed by atoms with Crippen molar-refractivity contribution in [1.82, 2.24) is 4.57 Å². The number of hydrogen-bond donors (Lipinski definition) is 3. The molecule has 0 radical (unpaired) electrons. The zero-order valence-corrected chi connectivity index (χ0v) is 20.4. The molecule has 0 bridgehead atoms. The quantitative estimate of drug-likeness (QED) is 0.212. The zero-order valence-electron chi connectivity index (χ0n) is 20.4. The number of aromatic nitrogens is 1. The number of rotatable bonds is 8. The highest BCUT2D eigenvalue weighted by molar-refractivity contribution is 6.06. The molecular formula is C28H23F2N3O5. The first-order valence-corrected chi connectivity index (χ1v) is 11.5. The highest BCUT2D eigenvalue weighted by Gasteiger charge is 2.21. The number of ketones is 1. The molecule has 0 spiro atoms. The molecule has 0 aliphatic rings. The van der Waals surface area contributed by atoms with E-state index < -0.39 is 23.1 Å². The van der Waals surface area contributed by atoms with Crippen LogP contribution in [-0.2, 0) is 0 Å². The summed E-state index contributed by atoms with van der Waals surface area (Å²) >= 11 is 0. The lowest BCUT2D eigenvalue weighted by atomic mass is 10.1. The van der Waals surface area contributed by atoms with E-state index in [-0.39, 0.29) is 46.4 Å². The number of amides is 1. The molecule has 38 heavy (non-hydrogen) atoms. The lowest BCUT2D eigenvalue weighted by Crippen LogP contribution is -2.29. The number of Topliss-reactive ketones (excluding diaryl/α,β-unsaturated/α-hetero) is 1. The number of nitrogens with zero attached hydrogens (tertiary/aromatic N) is 1. The second kappa shape index (κ2) is 11.0. The van der Waals surface area contributed by atoms with Crippen molar-refractivity contribution in [2.75, 3.05) is 17.2 Å². The molecule has 0 aliphatic heterocycles. The molecule has 1 heterocycles. The summed E-state index contributed by atoms with van der Waals surface area (Å²) in [5, 5.41) is 15.1. The predicted octanol–water partition coefficient (Wildman–Crippen LogP) is 5.42. The third kappa shape index (κ3) is 5.54. The SMILES string of the molecule is CCOc1ccn(-c2ccc(F)cc2)c(=O)c1C(=O)Nc1ccc(Nc2ccc(O)c(C(C)=O)c2)c(F)c1. The molecule has 0 atom stereocenters. The van der Waals surface area contributed by atoms with Gasteiger partial charge in [-0.05, 0) is 80.6 Å². The number of nitrogens with one attached hydrogen (secondary N) is 2. The van der Waals surface area contributed by atoms with Crippen LogP contribution in [0.2, 0.25) is 0 Å². The summed E-state index contributed by atoms with van der Waals surface area (Å²) in [5.41, 5.74) is -0.0790. The Balaban J connectivity index is 1.61. The van der Waals surface area contributed by atoms with E-state index in [9.17, 15) is 28.3 Å². The zero-order chi connectivity index (χ0) is 27.4. The Morgan fingerprint density at radius 3 is 2.34 bits per heavy atom. The summed E-state index contributed by atoms with van der Waals surface area (Å²) in [7, 11) is 0. The Labute approximate surface area is 216 Å². The van der Waals surface area contributed by atoms with Gasteiger partial charge in [0.1, 0.15) is 28.7 Å². The average Bonchev–Trinajstić information content (AvgIpc) is 2.87. The molecule has 1 amide bonds. The summed E-state index contributed by atoms with van der Waals surface area (Å²) in [4.78, 5) is 38.0. The average molecular weight is 520 g/mol. The van der Waals surface area contributed by atoms with E-state index in [1.165, 1.54) is 78.4 Å². The molecule has 8 nitrogen and oxygen atoms in total. The van der Waals surface area contributed by atoms with Crippen molar-refractivity contribution in [2.24, 2.45) is 0 Å². The van der Waals surface area contributed by atoms with Gasteiger partial charge in [-0.1, -0.05) is 0 Å². The van der Waals surface area contributed by atoms with Gasteiger partial charge in [-0.2, -0.15) is 0 Å². The van der Waals surface area contributed by atoms with Crippen LogP contribution in [0.4, 0.5) is 25.8 Å². The van der Waals surface area contributed by atoms with Crippen LogP contribution < -0.4 is 20.9 Å². The van der Waals surface area contributed by atoms with Crippen LogP contribution in [0.3, 0.4) is 0 Å². The maximum absolute atomic E-state index is 14.9. The van der Waals surface area contributed by atoms with Crippen LogP contribution in [0.1, 0.15) is 34.6 Å². The van der Waals surface area contributed by atoms with Crippen molar-refractivity contribution < 1.29 is 28.2 Å². The largest absolute Gasteiger partial charge is 0.507 e. The molecule has 194 valence electrons. The van der Waals surface area contributed by atoms with Crippen molar-refractivity contribution >= 4 is 28.8 Å². The Hall–Kier alpha value is -4.99. The number of carbonyl (C=O) groups excluding carboxylic acids is 2. The molecule has 0 aliphatic carbocycles. The van der Waals surface area contributed by atoms with Crippen molar-refractivity contribution in [3.05, 3.63) is 106 Å². The second-order valence-electron chi connectivity index (χ2n) is 8.20. The minimum Gasteiger partial charge on any atom is -0.507 e. The molecule has 3 aromatic carbocycles. The molecule has 0 saturated heterocycles. The van der Waals surface area contributed by atoms with E-state index in [0.29, 0.717) is 11.4 Å². The maximum Gasteiger partial charge on any atom is 0.271 e. The fourth-order valence-corrected chi connectivity index (χ4v) is 3.75. The second-order valence-corrected chi connectivity index (χ2v) is 8.20. The molecule has 1 aromatic heterocycles. The lowest BCUT2D eigenvalue weighted by molar-refractivity contribution is 0.100. The van der Waals surface area contributed by atoms with E-state index in [4.69, 9.17) is 4.74 Å². The van der Waals surface area contributed by atoms with Crippen LogP contribution >= 0.6 is 0 Å². The van der Waals surface area contributed by atoms with Crippen LogP contribution in [0.5, 0.6) is 11.5 Å². The van der Waals surface area contributed by atoms with Crippen LogP contribution in [0.25, 0.3) is 5.69 Å². The first-order chi connectivity index (χ1) is 18.2. The van der Waals surface area contributed by atoms with Crippen molar-refractivity contribution in [3.8, 4) is 17.2 Å². The smallest absolute Gasteiger partial charge is 0.271 e. The first-order valence-electron chi connectivity index (χ1n) is 11.5. The number of aromatic hydroxyl groups is 1. The number of pyridine rings is 1. The number of benzene rings is 3. The standard InChI is InChI=1S/C28H23F2N3O5/c1-3-38-25-12-13-33(20-8-4-17(29)5-9-20)28(37)26(25)27(36)32-19-6-10-23(22(30)15-19)31-18-7-11-24(35)21(14-18)16(2)34/h4-15,31,35H,3H2,1-2H3,(H,32,36). The van der Waals surface area contributed by atoms with Gasteiger partial charge in [-0.25, -0.2) is 8.78 Å². The van der Waals surface area contributed by atoms with Gasteiger partial charge < -0.3 is 20.5 Å². The van der Waals surface area contributed by atoms with Gasteiger partial charge in [0.05, 0.1) is 17.9 Å². The van der Waals surface area contributed by atoms with E-state index >= 15 is 0 Å². The van der Waals surface area contributed by atoms with Gasteiger partial charge in [0, 0.05) is 23.3 Å². The number of anilines is 3. The molecule has 0 unspecified atom stereocenters. The summed E-state index contributed by atoms with van der Waals surface area (Å²) in [6, 6.07) is 14.7. The Kier molecular flexibility index (Phi) is 7.52.